The number of carbonyl (C=O) groups is 1. The average molecular weight is 405 g/mol. The van der Waals surface area contributed by atoms with Crippen LogP contribution in [-0.4, -0.2) is 35.2 Å². The zero-order chi connectivity index (χ0) is 19.7. The lowest BCUT2D eigenvalue weighted by atomic mass is 9.99. The summed E-state index contributed by atoms with van der Waals surface area (Å²) >= 11 is 7.67. The highest BCUT2D eigenvalue weighted by molar-refractivity contribution is 7.17. The molecule has 0 unspecified atom stereocenters. The van der Waals surface area contributed by atoms with Crippen molar-refractivity contribution in [1.29, 1.82) is 5.41 Å². The number of amides is 1. The molecule has 0 spiro atoms. The molecule has 1 aliphatic rings. The maximum atomic E-state index is 11.8. The van der Waals surface area contributed by atoms with Gasteiger partial charge in [-0.3, -0.25) is 20.4 Å². The number of anilines is 1. The molecule has 0 bridgehead atoms. The Labute approximate surface area is 167 Å². The number of nitrogens with zero attached hydrogens (tertiary/aromatic N) is 2. The predicted molar refractivity (Wildman–Crippen MR) is 110 cm³/mol. The van der Waals surface area contributed by atoms with Gasteiger partial charge in [0.25, 0.3) is 0 Å². The third-order valence-corrected chi connectivity index (χ3v) is 6.16. The molecule has 8 heteroatoms. The first-order chi connectivity index (χ1) is 12.9. The van der Waals surface area contributed by atoms with Gasteiger partial charge in [-0.1, -0.05) is 23.7 Å². The number of nitrogens with one attached hydrogen (secondary N) is 2. The van der Waals surface area contributed by atoms with Crippen molar-refractivity contribution in [2.24, 2.45) is 4.99 Å². The van der Waals surface area contributed by atoms with Crippen LogP contribution in [0.1, 0.15) is 34.9 Å². The Morgan fingerprint density at radius 2 is 2.04 bits per heavy atom. The topological polar surface area (TPSA) is 88.8 Å². The third-order valence-electron chi connectivity index (χ3n) is 4.68. The van der Waals surface area contributed by atoms with E-state index in [1.165, 1.54) is 4.88 Å². The highest BCUT2D eigenvalue weighted by Gasteiger charge is 2.33. The normalized spacial score (nSPS) is 16.6. The van der Waals surface area contributed by atoms with E-state index in [1.54, 1.807) is 28.9 Å². The molecule has 6 nitrogen and oxygen atoms in total. The summed E-state index contributed by atoms with van der Waals surface area (Å²) in [5.74, 6) is -0.328. The van der Waals surface area contributed by atoms with Crippen LogP contribution in [0.15, 0.2) is 29.3 Å². The molecule has 27 heavy (non-hydrogen) atoms. The van der Waals surface area contributed by atoms with Crippen molar-refractivity contribution in [2.45, 2.75) is 33.2 Å². The van der Waals surface area contributed by atoms with Gasteiger partial charge in [-0.25, -0.2) is 5.48 Å². The smallest absolute Gasteiger partial charge is 0.245 e. The molecule has 1 aromatic heterocycles. The first-order valence-electron chi connectivity index (χ1n) is 8.60. The number of benzene rings is 1. The summed E-state index contributed by atoms with van der Waals surface area (Å²) in [7, 11) is 0. The van der Waals surface area contributed by atoms with Crippen LogP contribution in [0.5, 0.6) is 0 Å². The van der Waals surface area contributed by atoms with Gasteiger partial charge >= 0.3 is 0 Å². The Hall–Kier alpha value is -2.22. The van der Waals surface area contributed by atoms with Crippen LogP contribution in [0.4, 0.5) is 5.00 Å². The van der Waals surface area contributed by atoms with Crippen molar-refractivity contribution in [3.05, 3.63) is 50.9 Å². The molecule has 0 fully saturated rings. The summed E-state index contributed by atoms with van der Waals surface area (Å²) in [6, 6.07) is 6.70. The van der Waals surface area contributed by atoms with Crippen molar-refractivity contribution in [3.8, 4) is 0 Å². The lowest BCUT2D eigenvalue weighted by Gasteiger charge is -2.24. The van der Waals surface area contributed by atoms with Gasteiger partial charge in [0.2, 0.25) is 5.91 Å². The molecule has 1 atom stereocenters. The van der Waals surface area contributed by atoms with Gasteiger partial charge in [0.15, 0.2) is 0 Å². The number of aryl methyl sites for hydroxylation is 1. The fraction of sp³-hybridized carbons (Fsp3) is 0.316. The lowest BCUT2D eigenvalue weighted by Crippen LogP contribution is -2.39. The Morgan fingerprint density at radius 1 is 1.37 bits per heavy atom. The number of halogens is 1. The van der Waals surface area contributed by atoms with Gasteiger partial charge in [0.05, 0.1) is 12.1 Å². The largest absolute Gasteiger partial charge is 0.320 e. The van der Waals surface area contributed by atoms with Gasteiger partial charge in [0.1, 0.15) is 16.9 Å². The van der Waals surface area contributed by atoms with Crippen molar-refractivity contribution in [2.75, 3.05) is 11.4 Å². The lowest BCUT2D eigenvalue weighted by molar-refractivity contribution is -0.129. The quantitative estimate of drug-likeness (QED) is 0.532. The van der Waals surface area contributed by atoms with Crippen LogP contribution in [0.3, 0.4) is 0 Å². The number of fused-ring (bicyclic) bond motifs is 1. The van der Waals surface area contributed by atoms with E-state index in [4.69, 9.17) is 27.2 Å². The maximum Gasteiger partial charge on any atom is 0.245 e. The molecule has 1 aromatic carbocycles. The molecule has 0 aliphatic carbocycles. The van der Waals surface area contributed by atoms with E-state index in [2.05, 4.69) is 6.92 Å². The summed E-state index contributed by atoms with van der Waals surface area (Å²) in [5.41, 5.74) is 5.36. The predicted octanol–water partition coefficient (Wildman–Crippen LogP) is 3.94. The molecule has 1 amide bonds. The van der Waals surface area contributed by atoms with E-state index >= 15 is 0 Å². The number of likely N-dealkylation sites (N-methyl/N-ethyl adjacent to an activating group) is 1. The number of thiophene rings is 1. The molecular formula is C19H21ClN4O2S. The van der Waals surface area contributed by atoms with E-state index in [1.807, 2.05) is 30.9 Å². The third kappa shape index (κ3) is 3.63. The summed E-state index contributed by atoms with van der Waals surface area (Å²) in [5, 5.41) is 19.2. The Kier molecular flexibility index (Phi) is 5.64. The minimum absolute atomic E-state index is 0.101. The van der Waals surface area contributed by atoms with E-state index in [0.29, 0.717) is 11.6 Å². The zero-order valence-corrected chi connectivity index (χ0v) is 16.9. The van der Waals surface area contributed by atoms with Gasteiger partial charge in [-0.2, -0.15) is 0 Å². The molecule has 0 saturated carbocycles. The van der Waals surface area contributed by atoms with Crippen LogP contribution in [0, 0.1) is 19.3 Å². The average Bonchev–Trinajstić information content (AvgIpc) is 2.88. The van der Waals surface area contributed by atoms with Crippen LogP contribution in [0.25, 0.3) is 0 Å². The molecule has 2 aromatic rings. The second-order valence-corrected chi connectivity index (χ2v) is 7.97. The van der Waals surface area contributed by atoms with Crippen molar-refractivity contribution in [3.63, 3.8) is 0 Å². The van der Waals surface area contributed by atoms with Gasteiger partial charge in [-0.05, 0) is 38.5 Å². The van der Waals surface area contributed by atoms with Crippen LogP contribution in [-0.2, 0) is 4.79 Å². The van der Waals surface area contributed by atoms with E-state index in [0.717, 1.165) is 27.4 Å². The monoisotopic (exact) mass is 404 g/mol. The molecule has 0 saturated heterocycles. The van der Waals surface area contributed by atoms with Gasteiger partial charge in [-0.15, -0.1) is 11.3 Å². The van der Waals surface area contributed by atoms with Crippen LogP contribution < -0.4 is 10.4 Å². The van der Waals surface area contributed by atoms with Gasteiger partial charge < -0.3 is 4.90 Å². The number of hydrogen-bond donors (Lipinski definition) is 3. The molecule has 2 heterocycles. The van der Waals surface area contributed by atoms with Crippen molar-refractivity contribution >= 4 is 45.4 Å². The first-order valence-corrected chi connectivity index (χ1v) is 9.79. The van der Waals surface area contributed by atoms with E-state index < -0.39 is 11.9 Å². The summed E-state index contributed by atoms with van der Waals surface area (Å²) in [4.78, 5) is 19.6. The summed E-state index contributed by atoms with van der Waals surface area (Å²) in [6.07, 6.45) is -0.101. The van der Waals surface area contributed by atoms with Gasteiger partial charge in [0, 0.05) is 27.6 Å². The second kappa shape index (κ2) is 7.80. The minimum atomic E-state index is -0.693. The van der Waals surface area contributed by atoms with Crippen molar-refractivity contribution < 1.29 is 10.0 Å². The standard InChI is InChI=1S/C19H21ClN4O2S/c1-4-24-18(21)14(9-15(25)23-26)22-17(12-5-7-13(20)8-6-12)16-10(2)11(3)27-19(16)24/h5-8,14,21,26H,4,9H2,1-3H3,(H,23,25)/t14-/m0/s1. The minimum Gasteiger partial charge on any atom is -0.320 e. The number of hydrogen-bond acceptors (Lipinski definition) is 5. The van der Waals surface area contributed by atoms with Crippen LogP contribution in [0.2, 0.25) is 5.02 Å². The number of hydroxylamine groups is 1. The second-order valence-electron chi connectivity index (χ2n) is 6.33. The van der Waals surface area contributed by atoms with Crippen molar-refractivity contribution in [1.82, 2.24) is 5.48 Å². The molecule has 1 aliphatic heterocycles. The highest BCUT2D eigenvalue weighted by atomic mass is 35.5. The Balaban J connectivity index is 2.24. The van der Waals surface area contributed by atoms with E-state index in [9.17, 15) is 4.79 Å². The van der Waals surface area contributed by atoms with E-state index in [-0.39, 0.29) is 12.3 Å². The number of aliphatic imine (C=N–C) groups is 1. The Morgan fingerprint density at radius 3 is 2.63 bits per heavy atom. The summed E-state index contributed by atoms with van der Waals surface area (Å²) < 4.78 is 0. The number of carbonyl (C=O) groups excluding carboxylic acids is 1. The molecule has 3 N–H and O–H groups in total. The molecule has 0 radical (unpaired) electrons. The molecular weight excluding hydrogens is 384 g/mol. The summed E-state index contributed by atoms with van der Waals surface area (Å²) in [6.45, 7) is 6.67. The highest BCUT2D eigenvalue weighted by Crippen LogP contribution is 2.39. The zero-order valence-electron chi connectivity index (χ0n) is 15.3. The first kappa shape index (κ1) is 19.5. The molecule has 142 valence electrons. The number of amidine groups is 1. The maximum absolute atomic E-state index is 11.8. The fourth-order valence-corrected chi connectivity index (χ4v) is 4.51. The number of rotatable bonds is 4. The fourth-order valence-electron chi connectivity index (χ4n) is 3.15. The SMILES string of the molecule is CCN1C(=N)[C@H](CC(=O)NO)N=C(c2ccc(Cl)cc2)c2c1sc(C)c2C. The Bertz CT molecular complexity index is 921. The molecule has 3 rings (SSSR count). The van der Waals surface area contributed by atoms with Crippen LogP contribution >= 0.6 is 22.9 Å².